The van der Waals surface area contributed by atoms with Crippen molar-refractivity contribution in [3.05, 3.63) is 29.6 Å². The second-order valence-electron chi connectivity index (χ2n) is 6.76. The van der Waals surface area contributed by atoms with Crippen molar-refractivity contribution in [2.24, 2.45) is 17.1 Å². The molecule has 2 nitrogen and oxygen atoms in total. The van der Waals surface area contributed by atoms with E-state index >= 15 is 0 Å². The minimum absolute atomic E-state index is 0.188. The Labute approximate surface area is 115 Å². The third-order valence-electron chi connectivity index (χ3n) is 4.24. The van der Waals surface area contributed by atoms with Crippen molar-refractivity contribution in [2.45, 2.75) is 40.2 Å². The Morgan fingerprint density at radius 3 is 2.58 bits per heavy atom. The summed E-state index contributed by atoms with van der Waals surface area (Å²) in [7, 11) is 0. The van der Waals surface area contributed by atoms with Crippen LogP contribution in [0.25, 0.3) is 0 Å². The summed E-state index contributed by atoms with van der Waals surface area (Å²) in [6.07, 6.45) is 1.17. The molecule has 1 aromatic carbocycles. The number of halogens is 1. The van der Waals surface area contributed by atoms with Crippen LogP contribution in [0.3, 0.4) is 0 Å². The Hall–Kier alpha value is -1.09. The fraction of sp³-hybridized carbons (Fsp3) is 0.625. The van der Waals surface area contributed by atoms with E-state index in [1.54, 1.807) is 6.07 Å². The number of anilines is 1. The first-order chi connectivity index (χ1) is 8.80. The fourth-order valence-electron chi connectivity index (χ4n) is 2.94. The monoisotopic (exact) mass is 264 g/mol. The summed E-state index contributed by atoms with van der Waals surface area (Å²) in [5, 5.41) is 0. The molecule has 0 amide bonds. The van der Waals surface area contributed by atoms with Crippen LogP contribution >= 0.6 is 0 Å². The molecule has 2 atom stereocenters. The summed E-state index contributed by atoms with van der Waals surface area (Å²) in [6.45, 7) is 10.7. The maximum Gasteiger partial charge on any atom is 0.130 e. The van der Waals surface area contributed by atoms with Gasteiger partial charge in [0.1, 0.15) is 5.82 Å². The van der Waals surface area contributed by atoms with E-state index in [0.717, 1.165) is 18.8 Å². The van der Waals surface area contributed by atoms with Crippen molar-refractivity contribution < 1.29 is 4.39 Å². The van der Waals surface area contributed by atoms with Gasteiger partial charge in [-0.1, -0.05) is 26.8 Å². The van der Waals surface area contributed by atoms with E-state index in [0.29, 0.717) is 16.9 Å². The molecule has 0 spiro atoms. The van der Waals surface area contributed by atoms with Crippen LogP contribution < -0.4 is 10.6 Å². The molecule has 19 heavy (non-hydrogen) atoms. The molecule has 1 aliphatic rings. The van der Waals surface area contributed by atoms with E-state index < -0.39 is 0 Å². The zero-order valence-corrected chi connectivity index (χ0v) is 12.4. The second-order valence-corrected chi connectivity index (χ2v) is 6.76. The number of rotatable bonds is 2. The Bertz CT molecular complexity index is 449. The fourth-order valence-corrected chi connectivity index (χ4v) is 2.94. The van der Waals surface area contributed by atoms with Crippen molar-refractivity contribution in [3.8, 4) is 0 Å². The van der Waals surface area contributed by atoms with Crippen LogP contribution in [0.1, 0.15) is 45.7 Å². The Morgan fingerprint density at radius 2 is 2.05 bits per heavy atom. The van der Waals surface area contributed by atoms with E-state index in [1.165, 1.54) is 12.5 Å². The summed E-state index contributed by atoms with van der Waals surface area (Å²) in [6, 6.07) is 5.00. The summed E-state index contributed by atoms with van der Waals surface area (Å²) in [5.41, 5.74) is 7.86. The van der Waals surface area contributed by atoms with E-state index in [4.69, 9.17) is 5.73 Å². The summed E-state index contributed by atoms with van der Waals surface area (Å²) in [5.74, 6) is 0.461. The van der Waals surface area contributed by atoms with E-state index in [-0.39, 0.29) is 11.9 Å². The van der Waals surface area contributed by atoms with Gasteiger partial charge in [0.05, 0.1) is 0 Å². The van der Waals surface area contributed by atoms with Gasteiger partial charge < -0.3 is 10.6 Å². The molecule has 1 saturated heterocycles. The van der Waals surface area contributed by atoms with Crippen molar-refractivity contribution in [2.75, 3.05) is 18.0 Å². The lowest BCUT2D eigenvalue weighted by Gasteiger charge is -2.28. The minimum atomic E-state index is -0.273. The van der Waals surface area contributed by atoms with Crippen molar-refractivity contribution >= 4 is 5.69 Å². The van der Waals surface area contributed by atoms with E-state index in [9.17, 15) is 4.39 Å². The third-order valence-corrected chi connectivity index (χ3v) is 4.24. The van der Waals surface area contributed by atoms with E-state index in [2.05, 4.69) is 25.7 Å². The number of nitrogens with zero attached hydrogens (tertiary/aromatic N) is 1. The molecule has 2 N–H and O–H groups in total. The maximum absolute atomic E-state index is 14.0. The zero-order chi connectivity index (χ0) is 14.2. The molecule has 1 heterocycles. The number of benzene rings is 1. The van der Waals surface area contributed by atoms with Gasteiger partial charge in [0.2, 0.25) is 0 Å². The molecule has 0 radical (unpaired) electrons. The van der Waals surface area contributed by atoms with Crippen molar-refractivity contribution in [1.29, 1.82) is 0 Å². The predicted octanol–water partition coefficient (Wildman–Crippen LogP) is 3.72. The molecular formula is C16H25FN2. The van der Waals surface area contributed by atoms with Crippen LogP contribution in [0.2, 0.25) is 0 Å². The van der Waals surface area contributed by atoms with Gasteiger partial charge in [-0.2, -0.15) is 0 Å². The molecule has 1 unspecified atom stereocenters. The summed E-state index contributed by atoms with van der Waals surface area (Å²) in [4.78, 5) is 2.29. The Morgan fingerprint density at radius 1 is 1.37 bits per heavy atom. The zero-order valence-electron chi connectivity index (χ0n) is 12.4. The maximum atomic E-state index is 14.0. The Kier molecular flexibility index (Phi) is 3.86. The lowest BCUT2D eigenvalue weighted by Crippen LogP contribution is -2.27. The van der Waals surface area contributed by atoms with Gasteiger partial charge in [-0.05, 0) is 36.8 Å². The van der Waals surface area contributed by atoms with Gasteiger partial charge >= 0.3 is 0 Å². The van der Waals surface area contributed by atoms with Gasteiger partial charge in [0.15, 0.2) is 0 Å². The first-order valence-corrected chi connectivity index (χ1v) is 7.09. The normalized spacial score (nSPS) is 21.8. The van der Waals surface area contributed by atoms with Gasteiger partial charge in [-0.3, -0.25) is 0 Å². The molecule has 3 heteroatoms. The van der Waals surface area contributed by atoms with Gasteiger partial charge in [-0.25, -0.2) is 4.39 Å². The molecular weight excluding hydrogens is 239 g/mol. The van der Waals surface area contributed by atoms with Crippen molar-refractivity contribution in [1.82, 2.24) is 0 Å². The largest absolute Gasteiger partial charge is 0.371 e. The lowest BCUT2D eigenvalue weighted by molar-refractivity contribution is 0.263. The van der Waals surface area contributed by atoms with E-state index in [1.807, 2.05) is 13.0 Å². The first kappa shape index (κ1) is 14.3. The minimum Gasteiger partial charge on any atom is -0.371 e. The highest BCUT2D eigenvalue weighted by Gasteiger charge is 2.33. The third kappa shape index (κ3) is 2.92. The van der Waals surface area contributed by atoms with Gasteiger partial charge in [-0.15, -0.1) is 0 Å². The average Bonchev–Trinajstić information content (AvgIpc) is 2.76. The number of hydrogen-bond donors (Lipinski definition) is 1. The van der Waals surface area contributed by atoms with Gasteiger partial charge in [0.25, 0.3) is 0 Å². The molecule has 106 valence electrons. The Balaban J connectivity index is 2.27. The van der Waals surface area contributed by atoms with Crippen LogP contribution in [-0.2, 0) is 0 Å². The highest BCUT2D eigenvalue weighted by atomic mass is 19.1. The molecule has 0 saturated carbocycles. The second kappa shape index (κ2) is 5.12. The van der Waals surface area contributed by atoms with Gasteiger partial charge in [0, 0.05) is 30.4 Å². The predicted molar refractivity (Wildman–Crippen MR) is 78.8 cm³/mol. The number of nitrogens with two attached hydrogens (primary N) is 1. The molecule has 0 bridgehead atoms. The van der Waals surface area contributed by atoms with Crippen molar-refractivity contribution in [3.63, 3.8) is 0 Å². The quantitative estimate of drug-likeness (QED) is 0.882. The standard InChI is InChI=1S/C16H25FN2/c1-11(18)15-13(17)6-5-7-14(15)19-9-8-12(10-19)16(2,3)4/h5-7,11-12H,8-10,18H2,1-4H3/t11-,12?/m1/s1. The molecule has 2 rings (SSSR count). The molecule has 0 aliphatic carbocycles. The highest BCUT2D eigenvalue weighted by molar-refractivity contribution is 5.56. The number of hydrogen-bond acceptors (Lipinski definition) is 2. The molecule has 1 fully saturated rings. The topological polar surface area (TPSA) is 29.3 Å². The van der Waals surface area contributed by atoms with Crippen LogP contribution in [0.15, 0.2) is 18.2 Å². The summed E-state index contributed by atoms with van der Waals surface area (Å²) >= 11 is 0. The highest BCUT2D eigenvalue weighted by Crippen LogP contribution is 2.38. The lowest BCUT2D eigenvalue weighted by atomic mass is 9.80. The molecule has 0 aromatic heterocycles. The SMILES string of the molecule is C[C@@H](N)c1c(F)cccc1N1CCC(C(C)(C)C)C1. The summed E-state index contributed by atoms with van der Waals surface area (Å²) < 4.78 is 14.0. The van der Waals surface area contributed by atoms with Crippen LogP contribution in [0.4, 0.5) is 10.1 Å². The average molecular weight is 264 g/mol. The molecule has 1 aliphatic heterocycles. The van der Waals surface area contributed by atoms with Crippen LogP contribution in [0, 0.1) is 17.2 Å². The smallest absolute Gasteiger partial charge is 0.130 e. The van der Waals surface area contributed by atoms with Crippen LogP contribution in [-0.4, -0.2) is 13.1 Å². The van der Waals surface area contributed by atoms with Crippen LogP contribution in [0.5, 0.6) is 0 Å². The molecule has 1 aromatic rings. The first-order valence-electron chi connectivity index (χ1n) is 7.09.